The smallest absolute Gasteiger partial charge is 0.222 e. The Morgan fingerprint density at radius 3 is 2.96 bits per heavy atom. The van der Waals surface area contributed by atoms with Crippen molar-refractivity contribution in [2.24, 2.45) is 0 Å². The van der Waals surface area contributed by atoms with Gasteiger partial charge in [-0.2, -0.15) is 0 Å². The summed E-state index contributed by atoms with van der Waals surface area (Å²) in [5, 5.41) is 0. The van der Waals surface area contributed by atoms with Crippen molar-refractivity contribution in [2.75, 3.05) is 24.5 Å². The minimum Gasteiger partial charge on any atom is -0.365 e. The van der Waals surface area contributed by atoms with E-state index in [4.69, 9.17) is 0 Å². The zero-order chi connectivity index (χ0) is 15.6. The van der Waals surface area contributed by atoms with E-state index >= 15 is 0 Å². The van der Waals surface area contributed by atoms with Gasteiger partial charge in [0.25, 0.3) is 0 Å². The molecule has 1 amide bonds. The van der Waals surface area contributed by atoms with Gasteiger partial charge in [0.05, 0.1) is 12.1 Å². The predicted molar refractivity (Wildman–Crippen MR) is 92.8 cm³/mol. The highest BCUT2D eigenvalue weighted by atomic mass is 32.1. The largest absolute Gasteiger partial charge is 0.365 e. The van der Waals surface area contributed by atoms with E-state index in [2.05, 4.69) is 34.1 Å². The summed E-state index contributed by atoms with van der Waals surface area (Å²) in [6.45, 7) is 3.81. The van der Waals surface area contributed by atoms with E-state index in [-0.39, 0.29) is 0 Å². The Balaban J connectivity index is 1.47. The van der Waals surface area contributed by atoms with Gasteiger partial charge in [-0.05, 0) is 24.5 Å². The minimum atomic E-state index is 0.331. The second kappa shape index (κ2) is 6.32. The zero-order valence-corrected chi connectivity index (χ0v) is 14.0. The van der Waals surface area contributed by atoms with Crippen LogP contribution in [-0.2, 0) is 11.3 Å². The van der Waals surface area contributed by atoms with Crippen LogP contribution in [0.15, 0.2) is 36.0 Å². The van der Waals surface area contributed by atoms with Crippen molar-refractivity contribution in [3.8, 4) is 0 Å². The summed E-state index contributed by atoms with van der Waals surface area (Å²) >= 11 is 1.71. The number of aromatic nitrogens is 1. The van der Waals surface area contributed by atoms with E-state index in [1.54, 1.807) is 11.3 Å². The normalized spacial score (nSPS) is 20.3. The third-order valence-electron chi connectivity index (χ3n) is 4.91. The predicted octanol–water partition coefficient (Wildman–Crippen LogP) is 3.26. The molecular weight excluding hydrogens is 306 g/mol. The molecule has 23 heavy (non-hydrogen) atoms. The summed E-state index contributed by atoms with van der Waals surface area (Å²) in [7, 11) is 0. The molecule has 0 N–H and O–H groups in total. The summed E-state index contributed by atoms with van der Waals surface area (Å²) in [6.07, 6.45) is 4.78. The monoisotopic (exact) mass is 327 g/mol. The average Bonchev–Trinajstić information content (AvgIpc) is 3.28. The van der Waals surface area contributed by atoms with E-state index in [1.165, 1.54) is 16.1 Å². The molecule has 0 aliphatic carbocycles. The number of carbonyl (C=O) groups is 1. The molecule has 1 saturated heterocycles. The number of likely N-dealkylation sites (tertiary alicyclic amines) is 1. The van der Waals surface area contributed by atoms with E-state index in [1.807, 2.05) is 16.6 Å². The van der Waals surface area contributed by atoms with Crippen LogP contribution in [0.5, 0.6) is 0 Å². The third kappa shape index (κ3) is 2.98. The highest BCUT2D eigenvalue weighted by Gasteiger charge is 2.29. The first kappa shape index (κ1) is 14.7. The van der Waals surface area contributed by atoms with Gasteiger partial charge < -0.3 is 9.80 Å². The van der Waals surface area contributed by atoms with Crippen molar-refractivity contribution < 1.29 is 4.79 Å². The lowest BCUT2D eigenvalue weighted by atomic mass is 9.98. The van der Waals surface area contributed by atoms with Crippen molar-refractivity contribution in [1.82, 2.24) is 9.88 Å². The van der Waals surface area contributed by atoms with Crippen LogP contribution in [0.4, 0.5) is 5.69 Å². The lowest BCUT2D eigenvalue weighted by Crippen LogP contribution is -2.28. The van der Waals surface area contributed by atoms with Gasteiger partial charge in [-0.15, -0.1) is 11.3 Å². The number of benzene rings is 1. The lowest BCUT2D eigenvalue weighted by Gasteiger charge is -2.20. The molecule has 120 valence electrons. The Hall–Kier alpha value is -1.88. The van der Waals surface area contributed by atoms with E-state index in [0.29, 0.717) is 11.8 Å². The molecule has 0 unspecified atom stereocenters. The molecule has 2 aliphatic heterocycles. The molecule has 1 aromatic heterocycles. The van der Waals surface area contributed by atoms with Crippen LogP contribution in [0.3, 0.4) is 0 Å². The van der Waals surface area contributed by atoms with Crippen LogP contribution in [0.25, 0.3) is 0 Å². The van der Waals surface area contributed by atoms with Crippen LogP contribution in [0.2, 0.25) is 0 Å². The Morgan fingerprint density at radius 1 is 1.26 bits per heavy atom. The second-order valence-electron chi connectivity index (χ2n) is 6.38. The Kier molecular flexibility index (Phi) is 4.04. The molecule has 0 saturated carbocycles. The Bertz CT molecular complexity index is 685. The van der Waals surface area contributed by atoms with Gasteiger partial charge in [-0.3, -0.25) is 9.78 Å². The van der Waals surface area contributed by atoms with Gasteiger partial charge >= 0.3 is 0 Å². The van der Waals surface area contributed by atoms with Crippen LogP contribution in [-0.4, -0.2) is 35.4 Å². The number of para-hydroxylation sites is 1. The van der Waals surface area contributed by atoms with Gasteiger partial charge in [0.15, 0.2) is 0 Å². The topological polar surface area (TPSA) is 36.4 Å². The molecule has 4 rings (SSSR count). The fourth-order valence-corrected chi connectivity index (χ4v) is 4.35. The standard InChI is InChI=1S/C18H21N3OS/c22-18-6-3-8-20(18)9-7-14-11-21(12-15-10-19-13-23-15)17-5-2-1-4-16(14)17/h1-2,4-5,10,13-14H,3,6-9,11-12H2/t14-/m1/s1. The van der Waals surface area contributed by atoms with Gasteiger partial charge in [-0.25, -0.2) is 0 Å². The molecule has 1 fully saturated rings. The molecule has 2 aromatic rings. The molecule has 0 spiro atoms. The van der Waals surface area contributed by atoms with Crippen molar-refractivity contribution in [1.29, 1.82) is 0 Å². The fourth-order valence-electron chi connectivity index (χ4n) is 3.74. The van der Waals surface area contributed by atoms with Gasteiger partial charge in [-0.1, -0.05) is 18.2 Å². The summed E-state index contributed by atoms with van der Waals surface area (Å²) in [5.41, 5.74) is 4.68. The number of nitrogens with zero attached hydrogens (tertiary/aromatic N) is 3. The summed E-state index contributed by atoms with van der Waals surface area (Å²) < 4.78 is 0. The first-order valence-corrected chi connectivity index (χ1v) is 9.18. The number of rotatable bonds is 5. The molecule has 5 heteroatoms. The summed E-state index contributed by atoms with van der Waals surface area (Å²) in [6, 6.07) is 8.71. The molecule has 4 nitrogen and oxygen atoms in total. The number of hydrogen-bond donors (Lipinski definition) is 0. The second-order valence-corrected chi connectivity index (χ2v) is 7.35. The van der Waals surface area contributed by atoms with Crippen molar-refractivity contribution >= 4 is 22.9 Å². The highest BCUT2D eigenvalue weighted by Crippen LogP contribution is 2.39. The first-order valence-electron chi connectivity index (χ1n) is 8.30. The maximum absolute atomic E-state index is 11.8. The average molecular weight is 327 g/mol. The van der Waals surface area contributed by atoms with Crippen molar-refractivity contribution in [3.63, 3.8) is 0 Å². The van der Waals surface area contributed by atoms with Crippen LogP contribution in [0, 0.1) is 0 Å². The van der Waals surface area contributed by atoms with Crippen LogP contribution in [0.1, 0.15) is 35.6 Å². The maximum atomic E-state index is 11.8. The number of fused-ring (bicyclic) bond motifs is 1. The van der Waals surface area contributed by atoms with Gasteiger partial charge in [0, 0.05) is 48.7 Å². The highest BCUT2D eigenvalue weighted by molar-refractivity contribution is 7.09. The quantitative estimate of drug-likeness (QED) is 0.846. The van der Waals surface area contributed by atoms with E-state index < -0.39 is 0 Å². The number of amides is 1. The molecule has 3 heterocycles. The number of anilines is 1. The van der Waals surface area contributed by atoms with Crippen LogP contribution < -0.4 is 4.90 Å². The Labute approximate surface area is 140 Å². The molecule has 1 atom stereocenters. The molecular formula is C18H21N3OS. The SMILES string of the molecule is O=C1CCCN1CC[C@@H]1CN(Cc2cncs2)c2ccccc21. The van der Waals surface area contributed by atoms with Gasteiger partial charge in [0.1, 0.15) is 0 Å². The molecule has 2 aliphatic rings. The molecule has 0 bridgehead atoms. The maximum Gasteiger partial charge on any atom is 0.222 e. The van der Waals surface area contributed by atoms with E-state index in [0.717, 1.165) is 45.4 Å². The van der Waals surface area contributed by atoms with Crippen molar-refractivity contribution in [2.45, 2.75) is 31.7 Å². The van der Waals surface area contributed by atoms with Crippen molar-refractivity contribution in [3.05, 3.63) is 46.4 Å². The lowest BCUT2D eigenvalue weighted by molar-refractivity contribution is -0.127. The number of thiazole rings is 1. The molecule has 0 radical (unpaired) electrons. The fraction of sp³-hybridized carbons (Fsp3) is 0.444. The summed E-state index contributed by atoms with van der Waals surface area (Å²) in [5.74, 6) is 0.852. The zero-order valence-electron chi connectivity index (χ0n) is 13.1. The third-order valence-corrected chi connectivity index (χ3v) is 5.67. The summed E-state index contributed by atoms with van der Waals surface area (Å²) in [4.78, 5) is 21.8. The van der Waals surface area contributed by atoms with E-state index in [9.17, 15) is 4.79 Å². The molecule has 1 aromatic carbocycles. The minimum absolute atomic E-state index is 0.331. The first-order chi connectivity index (χ1) is 11.3. The number of carbonyl (C=O) groups excluding carboxylic acids is 1. The van der Waals surface area contributed by atoms with Gasteiger partial charge in [0.2, 0.25) is 5.91 Å². The Morgan fingerprint density at radius 2 is 2.17 bits per heavy atom. The van der Waals surface area contributed by atoms with Crippen LogP contribution >= 0.6 is 11.3 Å². The number of hydrogen-bond acceptors (Lipinski definition) is 4.